The quantitative estimate of drug-likeness (QED) is 0.363. The molecular weight excluding hydrogens is 544 g/mol. The Bertz CT molecular complexity index is 1620. The standard InChI is InChI=1S/C28H27ClN2O7S/c1-5-36-21-13-18(11-12-20(21)38-15-23(32)35-4)25-24(27(34)37-6-2)16(3)30-28-31(25)26(33)22(39-28)14-17-9-7-8-10-19(17)29/h7-14,25H,5-6,15H2,1-4H3/b22-14-/t25-/m1/s1. The van der Waals surface area contributed by atoms with Gasteiger partial charge >= 0.3 is 11.9 Å². The maximum absolute atomic E-state index is 13.8. The number of thiazole rings is 1. The van der Waals surface area contributed by atoms with Crippen LogP contribution in [0.5, 0.6) is 11.5 Å². The number of allylic oxidation sites excluding steroid dienone is 1. The molecule has 0 unspecified atom stereocenters. The first-order chi connectivity index (χ1) is 18.8. The highest BCUT2D eigenvalue weighted by Crippen LogP contribution is 2.36. The fourth-order valence-corrected chi connectivity index (χ4v) is 5.35. The van der Waals surface area contributed by atoms with E-state index in [2.05, 4.69) is 9.73 Å². The lowest BCUT2D eigenvalue weighted by Crippen LogP contribution is -2.40. The Morgan fingerprint density at radius 1 is 1.10 bits per heavy atom. The third-order valence-electron chi connectivity index (χ3n) is 5.87. The molecule has 11 heteroatoms. The minimum Gasteiger partial charge on any atom is -0.490 e. The van der Waals surface area contributed by atoms with Crippen molar-refractivity contribution in [2.24, 2.45) is 4.99 Å². The Morgan fingerprint density at radius 2 is 1.87 bits per heavy atom. The van der Waals surface area contributed by atoms with Crippen LogP contribution in [0.15, 0.2) is 63.5 Å². The van der Waals surface area contributed by atoms with E-state index >= 15 is 0 Å². The fourth-order valence-electron chi connectivity index (χ4n) is 4.12. The van der Waals surface area contributed by atoms with E-state index in [1.165, 1.54) is 23.0 Å². The molecule has 0 N–H and O–H groups in total. The number of fused-ring (bicyclic) bond motifs is 1. The summed E-state index contributed by atoms with van der Waals surface area (Å²) >= 11 is 7.54. The van der Waals surface area contributed by atoms with Crippen LogP contribution in [0.4, 0.5) is 0 Å². The summed E-state index contributed by atoms with van der Waals surface area (Å²) < 4.78 is 23.3. The van der Waals surface area contributed by atoms with Crippen LogP contribution in [0.2, 0.25) is 5.02 Å². The molecule has 3 aromatic rings. The van der Waals surface area contributed by atoms with E-state index in [0.717, 1.165) is 0 Å². The van der Waals surface area contributed by atoms with Crippen molar-refractivity contribution in [3.8, 4) is 11.5 Å². The molecule has 1 atom stereocenters. The lowest BCUT2D eigenvalue weighted by Gasteiger charge is -2.25. The number of ether oxygens (including phenoxy) is 4. The molecule has 4 rings (SSSR count). The summed E-state index contributed by atoms with van der Waals surface area (Å²) in [6.07, 6.45) is 1.71. The van der Waals surface area contributed by atoms with Crippen LogP contribution in [0.1, 0.15) is 37.9 Å². The maximum Gasteiger partial charge on any atom is 0.343 e. The third-order valence-corrected chi connectivity index (χ3v) is 7.19. The van der Waals surface area contributed by atoms with Crippen molar-refractivity contribution in [1.29, 1.82) is 0 Å². The van der Waals surface area contributed by atoms with Gasteiger partial charge in [-0.15, -0.1) is 0 Å². The highest BCUT2D eigenvalue weighted by atomic mass is 35.5. The molecule has 0 saturated heterocycles. The molecule has 1 aliphatic rings. The number of aromatic nitrogens is 1. The van der Waals surface area contributed by atoms with Gasteiger partial charge in [-0.3, -0.25) is 9.36 Å². The summed E-state index contributed by atoms with van der Waals surface area (Å²) in [4.78, 5) is 43.6. The molecule has 2 heterocycles. The minimum absolute atomic E-state index is 0.157. The molecule has 0 amide bonds. The van der Waals surface area contributed by atoms with Crippen molar-refractivity contribution in [3.63, 3.8) is 0 Å². The average Bonchev–Trinajstić information content (AvgIpc) is 3.22. The Balaban J connectivity index is 1.91. The van der Waals surface area contributed by atoms with Crippen molar-refractivity contribution in [1.82, 2.24) is 4.57 Å². The Morgan fingerprint density at radius 3 is 2.56 bits per heavy atom. The predicted molar refractivity (Wildman–Crippen MR) is 147 cm³/mol. The van der Waals surface area contributed by atoms with Crippen molar-refractivity contribution in [3.05, 3.63) is 89.6 Å². The number of carbonyl (C=O) groups is 2. The van der Waals surface area contributed by atoms with E-state index in [0.29, 0.717) is 49.3 Å². The highest BCUT2D eigenvalue weighted by Gasteiger charge is 2.34. The molecule has 1 aromatic heterocycles. The third kappa shape index (κ3) is 5.91. The topological polar surface area (TPSA) is 105 Å². The van der Waals surface area contributed by atoms with Crippen molar-refractivity contribution < 1.29 is 28.5 Å². The number of esters is 2. The van der Waals surface area contributed by atoms with E-state index in [1.807, 2.05) is 25.1 Å². The van der Waals surface area contributed by atoms with Gasteiger partial charge in [0.2, 0.25) is 0 Å². The number of hydrogen-bond acceptors (Lipinski definition) is 9. The smallest absolute Gasteiger partial charge is 0.343 e. The van der Waals surface area contributed by atoms with Crippen LogP contribution in [0, 0.1) is 0 Å². The van der Waals surface area contributed by atoms with Crippen molar-refractivity contribution in [2.45, 2.75) is 26.8 Å². The molecule has 204 valence electrons. The van der Waals surface area contributed by atoms with Gasteiger partial charge < -0.3 is 18.9 Å². The van der Waals surface area contributed by atoms with Crippen LogP contribution in [-0.4, -0.2) is 43.4 Å². The molecule has 2 aromatic carbocycles. The summed E-state index contributed by atoms with van der Waals surface area (Å²) in [5, 5.41) is 0.507. The normalized spacial score (nSPS) is 14.9. The van der Waals surface area contributed by atoms with Gasteiger partial charge in [0.25, 0.3) is 5.56 Å². The molecule has 0 spiro atoms. The SMILES string of the molecule is CCOC(=O)C1=C(C)N=c2s/c(=C\c3ccccc3Cl)c(=O)n2[C@@H]1c1ccc(OCC(=O)OC)c(OCC)c1. The van der Waals surface area contributed by atoms with Gasteiger partial charge in [0, 0.05) is 5.02 Å². The van der Waals surface area contributed by atoms with Crippen LogP contribution in [0.25, 0.3) is 6.08 Å². The first-order valence-corrected chi connectivity index (χ1v) is 13.4. The van der Waals surface area contributed by atoms with Crippen LogP contribution < -0.4 is 24.4 Å². The largest absolute Gasteiger partial charge is 0.490 e. The number of nitrogens with zero attached hydrogens (tertiary/aromatic N) is 2. The van der Waals surface area contributed by atoms with Crippen molar-refractivity contribution in [2.75, 3.05) is 26.9 Å². The van der Waals surface area contributed by atoms with Gasteiger partial charge in [-0.1, -0.05) is 47.2 Å². The number of methoxy groups -OCH3 is 1. The fraction of sp³-hybridized carbons (Fsp3) is 0.286. The lowest BCUT2D eigenvalue weighted by molar-refractivity contribution is -0.143. The summed E-state index contributed by atoms with van der Waals surface area (Å²) in [5.74, 6) is -0.464. The molecule has 39 heavy (non-hydrogen) atoms. The number of rotatable bonds is 9. The molecule has 0 aliphatic carbocycles. The van der Waals surface area contributed by atoms with E-state index < -0.39 is 18.0 Å². The molecular formula is C28H27ClN2O7S. The summed E-state index contributed by atoms with van der Waals surface area (Å²) in [6.45, 7) is 5.40. The minimum atomic E-state index is -0.845. The molecule has 0 radical (unpaired) electrons. The van der Waals surface area contributed by atoms with Crippen LogP contribution in [0.3, 0.4) is 0 Å². The van der Waals surface area contributed by atoms with Crippen LogP contribution >= 0.6 is 22.9 Å². The van der Waals surface area contributed by atoms with Gasteiger partial charge in [-0.2, -0.15) is 0 Å². The van der Waals surface area contributed by atoms with E-state index in [-0.39, 0.29) is 24.3 Å². The number of carbonyl (C=O) groups excluding carboxylic acids is 2. The molecule has 1 aliphatic heterocycles. The zero-order chi connectivity index (χ0) is 28.1. The Kier molecular flexibility index (Phi) is 8.88. The van der Waals surface area contributed by atoms with E-state index in [4.69, 9.17) is 25.8 Å². The molecule has 0 bridgehead atoms. The summed E-state index contributed by atoms with van der Waals surface area (Å²) in [7, 11) is 1.27. The molecule has 0 fully saturated rings. The second-order valence-electron chi connectivity index (χ2n) is 8.33. The number of hydrogen-bond donors (Lipinski definition) is 0. The average molecular weight is 571 g/mol. The predicted octanol–water partition coefficient (Wildman–Crippen LogP) is 3.40. The highest BCUT2D eigenvalue weighted by molar-refractivity contribution is 7.07. The summed E-state index contributed by atoms with van der Waals surface area (Å²) in [6, 6.07) is 11.4. The second kappa shape index (κ2) is 12.3. The van der Waals surface area contributed by atoms with Gasteiger partial charge in [-0.25, -0.2) is 14.6 Å². The summed E-state index contributed by atoms with van der Waals surface area (Å²) in [5.41, 5.74) is 1.61. The number of benzene rings is 2. The maximum atomic E-state index is 13.8. The first kappa shape index (κ1) is 28.1. The van der Waals surface area contributed by atoms with Gasteiger partial charge in [0.05, 0.1) is 42.2 Å². The Labute approximate surface area is 233 Å². The van der Waals surface area contributed by atoms with E-state index in [1.54, 1.807) is 44.2 Å². The van der Waals surface area contributed by atoms with E-state index in [9.17, 15) is 14.4 Å². The van der Waals surface area contributed by atoms with Gasteiger partial charge in [0.1, 0.15) is 0 Å². The zero-order valence-electron chi connectivity index (χ0n) is 21.9. The monoisotopic (exact) mass is 570 g/mol. The second-order valence-corrected chi connectivity index (χ2v) is 9.74. The number of halogens is 1. The molecule has 9 nitrogen and oxygen atoms in total. The van der Waals surface area contributed by atoms with Gasteiger partial charge in [0.15, 0.2) is 22.9 Å². The van der Waals surface area contributed by atoms with Crippen LogP contribution in [-0.2, 0) is 19.1 Å². The van der Waals surface area contributed by atoms with Gasteiger partial charge in [-0.05, 0) is 56.2 Å². The molecule has 0 saturated carbocycles. The van der Waals surface area contributed by atoms with Crippen molar-refractivity contribution >= 4 is 41.0 Å². The zero-order valence-corrected chi connectivity index (χ0v) is 23.4. The first-order valence-electron chi connectivity index (χ1n) is 12.2. The Hall–Kier alpha value is -3.89. The lowest BCUT2D eigenvalue weighted by atomic mass is 9.95.